The molecule has 18 atom stereocenters. The molecule has 88 heavy (non-hydrogen) atoms. The zero-order valence-corrected chi connectivity index (χ0v) is 53.1. The largest absolute Gasteiger partial charge is 0.472 e. The van der Waals surface area contributed by atoms with Crippen LogP contribution in [0, 0.1) is 5.41 Å². The smallest absolute Gasteiger partial charge is 0.394 e. The van der Waals surface area contributed by atoms with Crippen LogP contribution >= 0.6 is 23.5 Å². The van der Waals surface area contributed by atoms with E-state index < -0.39 is 141 Å². The fourth-order valence-corrected chi connectivity index (χ4v) is 11.5. The summed E-state index contributed by atoms with van der Waals surface area (Å²) in [6, 6.07) is -3.01. The Morgan fingerprint density at radius 1 is 0.352 bits per heavy atom. The summed E-state index contributed by atoms with van der Waals surface area (Å²) >= 11 is 0. The third-order valence-corrected chi connectivity index (χ3v) is 17.3. The molecule has 0 aromatic carbocycles. The molecular formula is C51H104N3O31P3. The van der Waals surface area contributed by atoms with E-state index in [9.17, 15) is 74.3 Å². The maximum atomic E-state index is 12.6. The lowest BCUT2D eigenvalue weighted by Crippen LogP contribution is -2.62. The van der Waals surface area contributed by atoms with Gasteiger partial charge in [0.25, 0.3) is 0 Å². The summed E-state index contributed by atoms with van der Waals surface area (Å²) in [5.41, 5.74) is 16.7. The molecule has 37 heteroatoms. The summed E-state index contributed by atoms with van der Waals surface area (Å²) in [6.07, 6.45) is -6.74. The molecule has 3 aliphatic rings. The Bertz CT molecular complexity index is 1730. The van der Waals surface area contributed by atoms with Crippen LogP contribution in [0.25, 0.3) is 0 Å². The van der Waals surface area contributed by atoms with Crippen LogP contribution in [0.5, 0.6) is 0 Å². The number of nitrogens with two attached hydrogens (primary N) is 3. The third-order valence-electron chi connectivity index (χ3n) is 14.2. The van der Waals surface area contributed by atoms with Gasteiger partial charge in [0.1, 0.15) is 54.9 Å². The van der Waals surface area contributed by atoms with Crippen molar-refractivity contribution in [2.75, 3.05) is 133 Å². The molecule has 3 saturated heterocycles. The molecule has 0 saturated carbocycles. The Morgan fingerprint density at radius 2 is 0.591 bits per heavy atom. The molecule has 524 valence electrons. The van der Waals surface area contributed by atoms with Crippen LogP contribution in [0.3, 0.4) is 0 Å². The first-order chi connectivity index (χ1) is 42.0. The Labute approximate surface area is 514 Å². The first-order valence-electron chi connectivity index (χ1n) is 30.0. The standard InChI is InChI=1S/C51H104N3O31P3/c1-70-32-51(33-71-17-14-26-80-86(64,65)77-23-11-5-2-8-20-74-48-39(52)45(61)42(58)36(29-55)83-48,34-72-18-15-27-81-87(66,67)78-24-12-6-3-9-21-75-49-40(53)46(62)43(59)37(30-56)84-49)35-73-19-16-28-82-88(68,69)79-25-13-7-4-10-22-76-50-41(54)47(63)44(60)38(31-57)85-50/h36-50,55-63H,2-35,52-54H2,1H3,(H,64,65)(H,66,67)(H,68,69)/t36?,37?,38?,39-,40-,41-,42-,43-,44-,45?,46?,47?,48+,49+,50+,51?/m0/s1. The minimum Gasteiger partial charge on any atom is -0.394 e. The number of ether oxygens (including phenoxy) is 10. The number of unbranched alkanes of at least 4 members (excludes halogenated alkanes) is 9. The number of methoxy groups -OCH3 is 1. The highest BCUT2D eigenvalue weighted by atomic mass is 31.2. The van der Waals surface area contributed by atoms with Gasteiger partial charge in [0, 0.05) is 46.8 Å². The van der Waals surface area contributed by atoms with E-state index in [1.54, 1.807) is 0 Å². The molecule has 34 nitrogen and oxygen atoms in total. The molecule has 0 aliphatic carbocycles. The Balaban J connectivity index is 1.36. The average Bonchev–Trinajstić information content (AvgIpc) is 2.76. The molecule has 9 unspecified atom stereocenters. The molecule has 0 spiro atoms. The molecule has 3 heterocycles. The Morgan fingerprint density at radius 3 is 0.830 bits per heavy atom. The first-order valence-corrected chi connectivity index (χ1v) is 34.5. The second-order valence-electron chi connectivity index (χ2n) is 21.8. The quantitative estimate of drug-likeness (QED) is 0.0238. The topological polar surface area (TPSA) is 520 Å². The number of hydrogen-bond donors (Lipinski definition) is 15. The van der Waals surface area contributed by atoms with E-state index in [0.717, 1.165) is 0 Å². The van der Waals surface area contributed by atoms with Crippen molar-refractivity contribution < 1.29 is 149 Å². The van der Waals surface area contributed by atoms with Crippen molar-refractivity contribution in [1.29, 1.82) is 0 Å². The van der Waals surface area contributed by atoms with Gasteiger partial charge in [-0.3, -0.25) is 27.1 Å². The van der Waals surface area contributed by atoms with E-state index in [-0.39, 0.29) is 125 Å². The number of phosphoric ester groups is 3. The molecule has 0 radical (unpaired) electrons. The Kier molecular flexibility index (Phi) is 41.8. The second kappa shape index (κ2) is 45.0. The minimum absolute atomic E-state index is 0.00685. The predicted molar refractivity (Wildman–Crippen MR) is 306 cm³/mol. The van der Waals surface area contributed by atoms with Crippen molar-refractivity contribution in [2.24, 2.45) is 22.6 Å². The zero-order valence-electron chi connectivity index (χ0n) is 50.4. The molecule has 18 N–H and O–H groups in total. The van der Waals surface area contributed by atoms with Gasteiger partial charge >= 0.3 is 23.5 Å². The van der Waals surface area contributed by atoms with Crippen LogP contribution in [0.2, 0.25) is 0 Å². The van der Waals surface area contributed by atoms with Crippen LogP contribution < -0.4 is 17.2 Å². The molecule has 3 aliphatic heterocycles. The van der Waals surface area contributed by atoms with Gasteiger partial charge in [0.15, 0.2) is 18.9 Å². The van der Waals surface area contributed by atoms with E-state index in [2.05, 4.69) is 0 Å². The highest BCUT2D eigenvalue weighted by Gasteiger charge is 2.45. The van der Waals surface area contributed by atoms with Gasteiger partial charge in [-0.1, -0.05) is 38.5 Å². The SMILES string of the molecule is COCC(COCCCOP(=O)(O)OCCCCCCO[C@@H]1OC(CO)[C@H](O)C(O)[C@@H]1N)(COCCCOP(=O)(O)OCCCCCCO[C@@H]1OC(CO)[C@H](O)C(O)[C@@H]1N)COCCCOP(=O)(O)OCCCCCCO[C@@H]1OC(CO)[C@H](O)C(O)[C@@H]1N. The van der Waals surface area contributed by atoms with Gasteiger partial charge in [0.2, 0.25) is 0 Å². The third kappa shape index (κ3) is 31.8. The van der Waals surface area contributed by atoms with E-state index in [1.807, 2.05) is 0 Å². The fraction of sp³-hybridized carbons (Fsp3) is 1.00. The van der Waals surface area contributed by atoms with E-state index >= 15 is 0 Å². The summed E-state index contributed by atoms with van der Waals surface area (Å²) in [4.78, 5) is 30.7. The zero-order chi connectivity index (χ0) is 65.0. The van der Waals surface area contributed by atoms with Crippen LogP contribution in [-0.2, 0) is 88.2 Å². The van der Waals surface area contributed by atoms with E-state index in [0.29, 0.717) is 77.0 Å². The van der Waals surface area contributed by atoms with Gasteiger partial charge in [-0.2, -0.15) is 0 Å². The van der Waals surface area contributed by atoms with E-state index in [4.69, 9.17) is 91.7 Å². The second-order valence-corrected chi connectivity index (χ2v) is 26.1. The van der Waals surface area contributed by atoms with Crippen LogP contribution in [0.15, 0.2) is 0 Å². The predicted octanol–water partition coefficient (Wildman–Crippen LogP) is -1.73. The summed E-state index contributed by atoms with van der Waals surface area (Å²) in [7, 11) is -11.7. The van der Waals surface area contributed by atoms with Gasteiger partial charge in [0.05, 0.1) is 109 Å². The monoisotopic (exact) mass is 1350 g/mol. The molecule has 0 amide bonds. The van der Waals surface area contributed by atoms with Crippen molar-refractivity contribution >= 4 is 23.5 Å². The number of aliphatic hydroxyl groups excluding tert-OH is 9. The summed E-state index contributed by atoms with van der Waals surface area (Å²) in [5.74, 6) is 0. The number of hydrogen-bond acceptors (Lipinski definition) is 31. The van der Waals surface area contributed by atoms with Crippen molar-refractivity contribution in [2.45, 2.75) is 188 Å². The highest BCUT2D eigenvalue weighted by molar-refractivity contribution is 7.47. The van der Waals surface area contributed by atoms with Gasteiger partial charge in [-0.25, -0.2) is 13.7 Å². The number of phosphoric acid groups is 3. The maximum absolute atomic E-state index is 12.6. The van der Waals surface area contributed by atoms with Crippen molar-refractivity contribution in [3.05, 3.63) is 0 Å². The van der Waals surface area contributed by atoms with Gasteiger partial charge in [-0.15, -0.1) is 0 Å². The lowest BCUT2D eigenvalue weighted by Gasteiger charge is -2.40. The normalized spacial score (nSPS) is 30.6. The Hall–Kier alpha value is -0.550. The minimum atomic E-state index is -4.40. The lowest BCUT2D eigenvalue weighted by atomic mass is 9.92. The summed E-state index contributed by atoms with van der Waals surface area (Å²) in [6.45, 7) is -1.36. The summed E-state index contributed by atoms with van der Waals surface area (Å²) in [5, 5.41) is 88.2. The highest BCUT2D eigenvalue weighted by Crippen LogP contribution is 2.45. The molecule has 0 bridgehead atoms. The summed E-state index contributed by atoms with van der Waals surface area (Å²) < 4.78 is 125. The van der Waals surface area contributed by atoms with Crippen LogP contribution in [-0.4, -0.2) is 285 Å². The average molecular weight is 1350 g/mol. The lowest BCUT2D eigenvalue weighted by molar-refractivity contribution is -0.265. The molecule has 3 rings (SSSR count). The van der Waals surface area contributed by atoms with E-state index in [1.165, 1.54) is 7.11 Å². The van der Waals surface area contributed by atoms with Crippen molar-refractivity contribution in [3.8, 4) is 0 Å². The number of aliphatic hydroxyl groups is 9. The van der Waals surface area contributed by atoms with Crippen molar-refractivity contribution in [3.63, 3.8) is 0 Å². The van der Waals surface area contributed by atoms with Crippen LogP contribution in [0.1, 0.15) is 96.3 Å². The first kappa shape index (κ1) is 81.7. The molecule has 3 fully saturated rings. The molecule has 0 aromatic heterocycles. The number of rotatable bonds is 53. The van der Waals surface area contributed by atoms with Gasteiger partial charge < -0.3 is 125 Å². The fourth-order valence-electron chi connectivity index (χ4n) is 9.13. The van der Waals surface area contributed by atoms with Crippen molar-refractivity contribution in [1.82, 2.24) is 0 Å². The molecular weight excluding hydrogens is 1240 g/mol. The molecule has 0 aromatic rings. The van der Waals surface area contributed by atoms with Crippen LogP contribution in [0.4, 0.5) is 0 Å². The maximum Gasteiger partial charge on any atom is 0.472 e. The van der Waals surface area contributed by atoms with Gasteiger partial charge in [-0.05, 0) is 57.8 Å².